The van der Waals surface area contributed by atoms with Crippen molar-refractivity contribution in [3.05, 3.63) is 76.0 Å². The maximum Gasteiger partial charge on any atom is 0.275 e. The van der Waals surface area contributed by atoms with Gasteiger partial charge in [-0.1, -0.05) is 24.3 Å². The molecule has 2 N–H and O–H groups in total. The third-order valence-electron chi connectivity index (χ3n) is 4.87. The number of anilines is 1. The van der Waals surface area contributed by atoms with E-state index < -0.39 is 0 Å². The molecular formula is C22H17N5O2S. The topological polar surface area (TPSA) is 92.7 Å². The number of aromatic amines is 1. The lowest BCUT2D eigenvalue weighted by molar-refractivity contribution is -0.117. The Morgan fingerprint density at radius 1 is 1.13 bits per heavy atom. The zero-order chi connectivity index (χ0) is 20.7. The molecule has 0 saturated heterocycles. The fourth-order valence-electron chi connectivity index (χ4n) is 3.47. The Labute approximate surface area is 175 Å². The molecule has 5 rings (SSSR count). The SMILES string of the molecule is Cc1nn(CC(=O)Nc2ccc3nc(-c4cccs4)[nH]c3c2)c(=O)c2ccccc12. The van der Waals surface area contributed by atoms with Gasteiger partial charge in [-0.05, 0) is 42.6 Å². The fourth-order valence-corrected chi connectivity index (χ4v) is 4.13. The van der Waals surface area contributed by atoms with Crippen LogP contribution in [0.25, 0.3) is 32.5 Å². The van der Waals surface area contributed by atoms with Crippen LogP contribution in [0.5, 0.6) is 0 Å². The van der Waals surface area contributed by atoms with Gasteiger partial charge in [-0.2, -0.15) is 5.10 Å². The van der Waals surface area contributed by atoms with Gasteiger partial charge >= 0.3 is 0 Å². The quantitative estimate of drug-likeness (QED) is 0.465. The maximum absolute atomic E-state index is 12.7. The number of nitrogens with one attached hydrogen (secondary N) is 2. The van der Waals surface area contributed by atoms with Gasteiger partial charge in [0, 0.05) is 11.1 Å². The molecule has 3 heterocycles. The number of H-pyrrole nitrogens is 1. The first kappa shape index (κ1) is 18.3. The first-order valence-electron chi connectivity index (χ1n) is 9.38. The van der Waals surface area contributed by atoms with E-state index in [1.54, 1.807) is 29.5 Å². The molecule has 0 aliphatic carbocycles. The number of imidazole rings is 1. The van der Waals surface area contributed by atoms with E-state index in [4.69, 9.17) is 0 Å². The van der Waals surface area contributed by atoms with Crippen molar-refractivity contribution in [1.82, 2.24) is 19.7 Å². The molecule has 0 spiro atoms. The van der Waals surface area contributed by atoms with Gasteiger partial charge in [0.2, 0.25) is 5.91 Å². The summed E-state index contributed by atoms with van der Waals surface area (Å²) in [4.78, 5) is 34.1. The highest BCUT2D eigenvalue weighted by atomic mass is 32.1. The van der Waals surface area contributed by atoms with Crippen molar-refractivity contribution in [1.29, 1.82) is 0 Å². The van der Waals surface area contributed by atoms with Crippen LogP contribution in [0.2, 0.25) is 0 Å². The van der Waals surface area contributed by atoms with Crippen LogP contribution < -0.4 is 10.9 Å². The van der Waals surface area contributed by atoms with Crippen molar-refractivity contribution >= 4 is 44.7 Å². The Morgan fingerprint density at radius 3 is 2.77 bits per heavy atom. The predicted molar refractivity (Wildman–Crippen MR) is 119 cm³/mol. The zero-order valence-corrected chi connectivity index (χ0v) is 16.9. The molecule has 0 radical (unpaired) electrons. The number of aryl methyl sites for hydroxylation is 1. The summed E-state index contributed by atoms with van der Waals surface area (Å²) in [5.41, 5.74) is 2.70. The Kier molecular flexibility index (Phi) is 4.40. The van der Waals surface area contributed by atoms with Crippen molar-refractivity contribution in [2.75, 3.05) is 5.32 Å². The minimum Gasteiger partial charge on any atom is -0.337 e. The third kappa shape index (κ3) is 3.27. The number of benzene rings is 2. The third-order valence-corrected chi connectivity index (χ3v) is 5.74. The summed E-state index contributed by atoms with van der Waals surface area (Å²) in [7, 11) is 0. The molecule has 1 amide bonds. The molecule has 0 atom stereocenters. The molecule has 0 unspecified atom stereocenters. The Hall–Kier alpha value is -3.78. The van der Waals surface area contributed by atoms with Gasteiger partial charge < -0.3 is 10.3 Å². The molecule has 8 heteroatoms. The van der Waals surface area contributed by atoms with Crippen LogP contribution in [0.4, 0.5) is 5.69 Å². The summed E-state index contributed by atoms with van der Waals surface area (Å²) in [6.45, 7) is 1.67. The lowest BCUT2D eigenvalue weighted by atomic mass is 10.1. The second kappa shape index (κ2) is 7.23. The van der Waals surface area contributed by atoms with Gasteiger partial charge in [-0.15, -0.1) is 11.3 Å². The minimum atomic E-state index is -0.323. The molecule has 0 aliphatic heterocycles. The molecule has 0 saturated carbocycles. The fraction of sp³-hybridized carbons (Fsp3) is 0.0909. The van der Waals surface area contributed by atoms with E-state index in [1.165, 1.54) is 4.68 Å². The summed E-state index contributed by atoms with van der Waals surface area (Å²) in [5.74, 6) is 0.475. The van der Waals surface area contributed by atoms with Gasteiger partial charge in [-0.25, -0.2) is 9.67 Å². The number of hydrogen-bond donors (Lipinski definition) is 2. The van der Waals surface area contributed by atoms with Crippen molar-refractivity contribution in [3.8, 4) is 10.7 Å². The second-order valence-corrected chi connectivity index (χ2v) is 7.88. The number of hydrogen-bond acceptors (Lipinski definition) is 5. The minimum absolute atomic E-state index is 0.161. The smallest absolute Gasteiger partial charge is 0.275 e. The lowest BCUT2D eigenvalue weighted by Gasteiger charge is -2.09. The average molecular weight is 415 g/mol. The van der Waals surface area contributed by atoms with Gasteiger partial charge in [0.25, 0.3) is 5.56 Å². The van der Waals surface area contributed by atoms with Gasteiger partial charge in [0.05, 0.1) is 27.0 Å². The van der Waals surface area contributed by atoms with Crippen LogP contribution >= 0.6 is 11.3 Å². The van der Waals surface area contributed by atoms with Crippen molar-refractivity contribution < 1.29 is 4.79 Å². The maximum atomic E-state index is 12.7. The number of aromatic nitrogens is 4. The molecule has 0 bridgehead atoms. The van der Waals surface area contributed by atoms with E-state index in [0.717, 1.165) is 27.1 Å². The van der Waals surface area contributed by atoms with Crippen LogP contribution in [0, 0.1) is 6.92 Å². The Balaban J connectivity index is 1.39. The summed E-state index contributed by atoms with van der Waals surface area (Å²) in [5, 5.41) is 10.5. The molecule has 0 fully saturated rings. The van der Waals surface area contributed by atoms with Gasteiger partial charge in [0.1, 0.15) is 12.4 Å². The molecule has 2 aromatic carbocycles. The molecule has 30 heavy (non-hydrogen) atoms. The summed E-state index contributed by atoms with van der Waals surface area (Å²) in [6, 6.07) is 16.7. The average Bonchev–Trinajstić information content (AvgIpc) is 3.41. The number of thiophene rings is 1. The van der Waals surface area contributed by atoms with Crippen LogP contribution in [-0.4, -0.2) is 25.7 Å². The summed E-state index contributed by atoms with van der Waals surface area (Å²) >= 11 is 1.61. The number of carbonyl (C=O) groups is 1. The lowest BCUT2D eigenvalue weighted by Crippen LogP contribution is -2.30. The highest BCUT2D eigenvalue weighted by Crippen LogP contribution is 2.26. The number of amides is 1. The van der Waals surface area contributed by atoms with Crippen molar-refractivity contribution in [2.24, 2.45) is 0 Å². The molecular weight excluding hydrogens is 398 g/mol. The Morgan fingerprint density at radius 2 is 1.97 bits per heavy atom. The van der Waals surface area contributed by atoms with Gasteiger partial charge in [-0.3, -0.25) is 9.59 Å². The van der Waals surface area contributed by atoms with Crippen molar-refractivity contribution in [2.45, 2.75) is 13.5 Å². The second-order valence-electron chi connectivity index (χ2n) is 6.94. The van der Waals surface area contributed by atoms with Crippen molar-refractivity contribution in [3.63, 3.8) is 0 Å². The molecule has 7 nitrogen and oxygen atoms in total. The Bertz CT molecular complexity index is 1450. The van der Waals surface area contributed by atoms with Crippen LogP contribution in [0.15, 0.2) is 64.8 Å². The first-order valence-corrected chi connectivity index (χ1v) is 10.3. The molecule has 5 aromatic rings. The largest absolute Gasteiger partial charge is 0.337 e. The highest BCUT2D eigenvalue weighted by Gasteiger charge is 2.12. The monoisotopic (exact) mass is 415 g/mol. The zero-order valence-electron chi connectivity index (χ0n) is 16.0. The molecule has 148 valence electrons. The number of rotatable bonds is 4. The molecule has 0 aliphatic rings. The van der Waals surface area contributed by atoms with E-state index in [0.29, 0.717) is 16.8 Å². The van der Waals surface area contributed by atoms with E-state index >= 15 is 0 Å². The number of fused-ring (bicyclic) bond motifs is 2. The van der Waals surface area contributed by atoms with Crippen LogP contribution in [0.1, 0.15) is 5.69 Å². The van der Waals surface area contributed by atoms with Crippen LogP contribution in [0.3, 0.4) is 0 Å². The van der Waals surface area contributed by atoms with E-state index in [-0.39, 0.29) is 18.0 Å². The standard InChI is InChI=1S/C22H17N5O2S/c1-13-15-5-2-3-6-16(15)22(29)27(26-13)12-20(28)23-14-8-9-17-18(11-14)25-21(24-17)19-7-4-10-30-19/h2-11H,12H2,1H3,(H,23,28)(H,24,25). The normalized spacial score (nSPS) is 11.2. The highest BCUT2D eigenvalue weighted by molar-refractivity contribution is 7.13. The first-order chi connectivity index (χ1) is 14.6. The number of nitrogens with zero attached hydrogens (tertiary/aromatic N) is 3. The van der Waals surface area contributed by atoms with Gasteiger partial charge in [0.15, 0.2) is 0 Å². The summed E-state index contributed by atoms with van der Waals surface area (Å²) in [6.07, 6.45) is 0. The summed E-state index contributed by atoms with van der Waals surface area (Å²) < 4.78 is 1.20. The van der Waals surface area contributed by atoms with E-state index in [1.807, 2.05) is 48.7 Å². The van der Waals surface area contributed by atoms with Crippen LogP contribution in [-0.2, 0) is 11.3 Å². The van der Waals surface area contributed by atoms with E-state index in [9.17, 15) is 9.59 Å². The predicted octanol–water partition coefficient (Wildman–Crippen LogP) is 3.95. The van der Waals surface area contributed by atoms with E-state index in [2.05, 4.69) is 20.4 Å². The number of carbonyl (C=O) groups excluding carboxylic acids is 1. The molecule has 3 aromatic heterocycles.